The van der Waals surface area contributed by atoms with Crippen LogP contribution in [-0.4, -0.2) is 38.5 Å². The first-order valence-corrected chi connectivity index (χ1v) is 9.85. The number of hydrogen-bond donors (Lipinski definition) is 0. The summed E-state index contributed by atoms with van der Waals surface area (Å²) in [6.07, 6.45) is 1.28. The number of carbonyl (C=O) groups is 2. The largest absolute Gasteiger partial charge is 0.455 e. The summed E-state index contributed by atoms with van der Waals surface area (Å²) in [4.78, 5) is 40.0. The zero-order valence-corrected chi connectivity index (χ0v) is 16.3. The Bertz CT molecular complexity index is 1090. The minimum atomic E-state index is -0.519. The summed E-state index contributed by atoms with van der Waals surface area (Å²) < 4.78 is 10.6. The fourth-order valence-electron chi connectivity index (χ4n) is 2.85. The predicted molar refractivity (Wildman–Crippen MR) is 104 cm³/mol. The van der Waals surface area contributed by atoms with Crippen molar-refractivity contribution in [2.24, 2.45) is 0 Å². The van der Waals surface area contributed by atoms with Gasteiger partial charge in [0.15, 0.2) is 11.7 Å². The summed E-state index contributed by atoms with van der Waals surface area (Å²) in [5.74, 6) is -0.220. The zero-order chi connectivity index (χ0) is 21.1. The van der Waals surface area contributed by atoms with E-state index in [1.807, 2.05) is 0 Å². The third-order valence-corrected chi connectivity index (χ3v) is 5.23. The number of anilines is 1. The van der Waals surface area contributed by atoms with Gasteiger partial charge in [-0.25, -0.2) is 4.98 Å². The van der Waals surface area contributed by atoms with E-state index in [9.17, 15) is 19.7 Å². The molecule has 1 amide bonds. The van der Waals surface area contributed by atoms with Crippen molar-refractivity contribution >= 4 is 34.0 Å². The molecule has 0 spiro atoms. The minimum absolute atomic E-state index is 0.0398. The number of thiazole rings is 1. The normalized spacial score (nSPS) is 13.6. The lowest BCUT2D eigenvalue weighted by Gasteiger charge is -2.10. The van der Waals surface area contributed by atoms with Crippen molar-refractivity contribution in [2.45, 2.75) is 25.9 Å². The van der Waals surface area contributed by atoms with E-state index in [2.05, 4.69) is 15.2 Å². The topological polar surface area (TPSA) is 142 Å². The van der Waals surface area contributed by atoms with Gasteiger partial charge in [-0.1, -0.05) is 0 Å². The van der Waals surface area contributed by atoms with E-state index in [0.29, 0.717) is 29.4 Å². The molecule has 1 aliphatic heterocycles. The zero-order valence-electron chi connectivity index (χ0n) is 15.5. The van der Waals surface area contributed by atoms with Crippen molar-refractivity contribution in [2.75, 3.05) is 11.4 Å². The molecule has 0 N–H and O–H groups in total. The summed E-state index contributed by atoms with van der Waals surface area (Å²) in [6, 6.07) is 5.65. The molecule has 0 atom stereocenters. The van der Waals surface area contributed by atoms with Crippen molar-refractivity contribution in [1.29, 1.82) is 0 Å². The third kappa shape index (κ3) is 4.33. The number of non-ortho nitro benzene ring substituents is 1. The first-order valence-electron chi connectivity index (χ1n) is 8.97. The van der Waals surface area contributed by atoms with Crippen LogP contribution < -0.4 is 4.90 Å². The molecule has 2 aromatic heterocycles. The van der Waals surface area contributed by atoms with Gasteiger partial charge >= 0.3 is 5.97 Å². The molecule has 11 nitrogen and oxygen atoms in total. The molecule has 1 fully saturated rings. The van der Waals surface area contributed by atoms with Gasteiger partial charge in [-0.3, -0.25) is 24.6 Å². The van der Waals surface area contributed by atoms with Crippen LogP contribution in [0.1, 0.15) is 24.4 Å². The van der Waals surface area contributed by atoms with Gasteiger partial charge in [-0.2, -0.15) is 0 Å². The van der Waals surface area contributed by atoms with E-state index in [-0.39, 0.29) is 36.4 Å². The number of carbonyl (C=O) groups excluding carboxylic acids is 2. The molecule has 154 valence electrons. The van der Waals surface area contributed by atoms with Crippen LogP contribution in [-0.2, 0) is 27.4 Å². The number of nitro groups is 1. The number of nitro benzene ring substituents is 1. The molecule has 0 aliphatic carbocycles. The van der Waals surface area contributed by atoms with Crippen molar-refractivity contribution in [3.8, 4) is 11.5 Å². The fraction of sp³-hybridized carbons (Fsp3) is 0.278. The van der Waals surface area contributed by atoms with E-state index >= 15 is 0 Å². The number of aromatic nitrogens is 3. The van der Waals surface area contributed by atoms with Gasteiger partial charge in [0.1, 0.15) is 0 Å². The number of esters is 1. The third-order valence-electron chi connectivity index (χ3n) is 4.32. The maximum atomic E-state index is 12.1. The number of benzene rings is 1. The molecule has 0 saturated carbocycles. The van der Waals surface area contributed by atoms with E-state index < -0.39 is 10.9 Å². The molecule has 3 heterocycles. The van der Waals surface area contributed by atoms with E-state index in [1.165, 1.54) is 35.6 Å². The number of nitrogens with zero attached hydrogens (tertiary/aromatic N) is 5. The number of ether oxygens (including phenoxy) is 1. The van der Waals surface area contributed by atoms with Crippen LogP contribution in [0.2, 0.25) is 0 Å². The Balaban J connectivity index is 1.31. The minimum Gasteiger partial charge on any atom is -0.455 e. The monoisotopic (exact) mass is 429 g/mol. The Morgan fingerprint density at radius 3 is 2.80 bits per heavy atom. The maximum Gasteiger partial charge on any atom is 0.312 e. The highest BCUT2D eigenvalue weighted by Gasteiger charge is 2.24. The second-order valence-corrected chi connectivity index (χ2v) is 7.25. The van der Waals surface area contributed by atoms with Crippen LogP contribution in [0.5, 0.6) is 0 Å². The van der Waals surface area contributed by atoms with E-state index in [4.69, 9.17) is 9.15 Å². The highest BCUT2D eigenvalue weighted by molar-refractivity contribution is 7.14. The van der Waals surface area contributed by atoms with Gasteiger partial charge in [0.2, 0.25) is 11.8 Å². The van der Waals surface area contributed by atoms with Crippen molar-refractivity contribution in [3.63, 3.8) is 0 Å². The van der Waals surface area contributed by atoms with E-state index in [1.54, 1.807) is 10.3 Å². The van der Waals surface area contributed by atoms with Crippen LogP contribution in [0.3, 0.4) is 0 Å². The molecule has 12 heteroatoms. The second-order valence-electron chi connectivity index (χ2n) is 6.41. The average molecular weight is 429 g/mol. The molecule has 4 rings (SSSR count). The molecule has 0 radical (unpaired) electrons. The fourth-order valence-corrected chi connectivity index (χ4v) is 3.72. The first kappa shape index (κ1) is 19.6. The number of rotatable bonds is 7. The molecule has 3 aromatic rings. The van der Waals surface area contributed by atoms with Gasteiger partial charge in [0, 0.05) is 36.0 Å². The standard InChI is InChI=1S/C18H15N5O6S/c24-15-2-1-7-22(15)18-19-12(10-30-18)8-16(25)28-9-14-20-21-17(29-14)11-3-5-13(6-4-11)23(26)27/h3-6,10H,1-2,7-9H2. The van der Waals surface area contributed by atoms with Gasteiger partial charge in [-0.15, -0.1) is 21.5 Å². The van der Waals surface area contributed by atoms with Crippen LogP contribution in [0.25, 0.3) is 11.5 Å². The Morgan fingerprint density at radius 2 is 2.10 bits per heavy atom. The number of amides is 1. The summed E-state index contributed by atoms with van der Waals surface area (Å²) in [7, 11) is 0. The highest BCUT2D eigenvalue weighted by atomic mass is 32.1. The summed E-state index contributed by atoms with van der Waals surface area (Å²) in [5.41, 5.74) is 0.987. The Hall–Kier alpha value is -3.67. The van der Waals surface area contributed by atoms with Crippen LogP contribution in [0, 0.1) is 10.1 Å². The van der Waals surface area contributed by atoms with Gasteiger partial charge in [-0.05, 0) is 18.6 Å². The highest BCUT2D eigenvalue weighted by Crippen LogP contribution is 2.25. The molecule has 0 unspecified atom stereocenters. The molecular weight excluding hydrogens is 414 g/mol. The smallest absolute Gasteiger partial charge is 0.312 e. The lowest BCUT2D eigenvalue weighted by Crippen LogP contribution is -2.23. The predicted octanol–water partition coefficient (Wildman–Crippen LogP) is 2.51. The molecular formula is C18H15N5O6S. The molecule has 0 bridgehead atoms. The Kier molecular flexibility index (Phi) is 5.48. The number of hydrogen-bond acceptors (Lipinski definition) is 10. The summed E-state index contributed by atoms with van der Waals surface area (Å²) in [6.45, 7) is 0.435. The lowest BCUT2D eigenvalue weighted by molar-refractivity contribution is -0.384. The van der Waals surface area contributed by atoms with Gasteiger partial charge < -0.3 is 9.15 Å². The summed E-state index contributed by atoms with van der Waals surface area (Å²) >= 11 is 1.31. The Labute approximate surface area is 173 Å². The average Bonchev–Trinajstić information content (AvgIpc) is 3.47. The quantitative estimate of drug-likeness (QED) is 0.314. The molecule has 1 aromatic carbocycles. The lowest BCUT2D eigenvalue weighted by atomic mass is 10.2. The van der Waals surface area contributed by atoms with Crippen molar-refractivity contribution < 1.29 is 23.7 Å². The molecule has 1 saturated heterocycles. The molecule has 30 heavy (non-hydrogen) atoms. The van der Waals surface area contributed by atoms with Crippen LogP contribution >= 0.6 is 11.3 Å². The van der Waals surface area contributed by atoms with Crippen LogP contribution in [0.4, 0.5) is 10.8 Å². The van der Waals surface area contributed by atoms with Gasteiger partial charge in [0.25, 0.3) is 11.6 Å². The molecule has 1 aliphatic rings. The van der Waals surface area contributed by atoms with Crippen molar-refractivity contribution in [1.82, 2.24) is 15.2 Å². The van der Waals surface area contributed by atoms with Crippen molar-refractivity contribution in [3.05, 3.63) is 51.3 Å². The summed E-state index contributed by atoms with van der Waals surface area (Å²) in [5, 5.41) is 20.7. The first-order chi connectivity index (χ1) is 14.5. The van der Waals surface area contributed by atoms with Gasteiger partial charge in [0.05, 0.1) is 17.0 Å². The Morgan fingerprint density at radius 1 is 1.30 bits per heavy atom. The SMILES string of the molecule is O=C(Cc1csc(N2CCCC2=O)n1)OCc1nnc(-c2ccc([N+](=O)[O-])cc2)o1. The maximum absolute atomic E-state index is 12.1. The second kappa shape index (κ2) is 8.37. The van der Waals surface area contributed by atoms with Crippen LogP contribution in [0.15, 0.2) is 34.1 Å². The van der Waals surface area contributed by atoms with E-state index in [0.717, 1.165) is 6.42 Å².